The van der Waals surface area contributed by atoms with Gasteiger partial charge in [-0.05, 0) is 34.4 Å². The molecule has 0 aliphatic carbocycles. The Labute approximate surface area is 89.2 Å². The van der Waals surface area contributed by atoms with Crippen molar-refractivity contribution in [1.29, 1.82) is 0 Å². The maximum atomic E-state index is 11.2. The lowest BCUT2D eigenvalue weighted by atomic mass is 10.5. The molecule has 0 fully saturated rings. The van der Waals surface area contributed by atoms with E-state index >= 15 is 0 Å². The average Bonchev–Trinajstić information content (AvgIpc) is 2.36. The van der Waals surface area contributed by atoms with Crippen LogP contribution in [0.3, 0.4) is 0 Å². The first kappa shape index (κ1) is 10.5. The van der Waals surface area contributed by atoms with Crippen LogP contribution in [0.25, 0.3) is 0 Å². The summed E-state index contributed by atoms with van der Waals surface area (Å²) in [5.41, 5.74) is 0.888. The van der Waals surface area contributed by atoms with Crippen molar-refractivity contribution in [2.75, 3.05) is 19.4 Å². The van der Waals surface area contributed by atoms with Crippen LogP contribution < -0.4 is 5.32 Å². The number of nitrogens with zero attached hydrogens (tertiary/aromatic N) is 2. The Bertz CT molecular complexity index is 324. The van der Waals surface area contributed by atoms with Gasteiger partial charge in [-0.15, -0.1) is 0 Å². The molecule has 4 nitrogen and oxygen atoms in total. The summed E-state index contributed by atoms with van der Waals surface area (Å²) >= 11 is 4.61. The number of carbonyl (C=O) groups is 1. The van der Waals surface area contributed by atoms with E-state index in [4.69, 9.17) is 0 Å². The zero-order valence-electron chi connectivity index (χ0n) is 7.59. The Hall–Kier alpha value is -0.620. The molecule has 0 aliphatic heterocycles. The third-order valence-corrected chi connectivity index (χ3v) is 3.50. The van der Waals surface area contributed by atoms with Gasteiger partial charge in [0.15, 0.2) is 0 Å². The predicted octanol–water partition coefficient (Wildman–Crippen LogP) is 2.31. The van der Waals surface area contributed by atoms with Crippen LogP contribution in [0.15, 0.2) is 4.47 Å². The average molecular weight is 264 g/mol. The Kier molecular flexibility index (Phi) is 3.27. The highest BCUT2D eigenvalue weighted by atomic mass is 79.9. The summed E-state index contributed by atoms with van der Waals surface area (Å²) in [6, 6.07) is -0.149. The van der Waals surface area contributed by atoms with Crippen LogP contribution in [0, 0.1) is 6.92 Å². The highest BCUT2D eigenvalue weighted by molar-refractivity contribution is 9.10. The first-order valence-electron chi connectivity index (χ1n) is 3.62. The number of hydrogen-bond donors (Lipinski definition) is 1. The Morgan fingerprint density at radius 1 is 1.62 bits per heavy atom. The van der Waals surface area contributed by atoms with Gasteiger partial charge in [-0.1, -0.05) is 0 Å². The minimum absolute atomic E-state index is 0.149. The second-order valence-electron chi connectivity index (χ2n) is 2.74. The molecule has 13 heavy (non-hydrogen) atoms. The van der Waals surface area contributed by atoms with E-state index in [-0.39, 0.29) is 6.03 Å². The SMILES string of the molecule is Cc1nsc(NC(=O)N(C)C)c1Br. The van der Waals surface area contributed by atoms with Crippen LogP contribution >= 0.6 is 27.5 Å². The molecule has 1 heterocycles. The molecule has 0 unspecified atom stereocenters. The largest absolute Gasteiger partial charge is 0.331 e. The zero-order valence-corrected chi connectivity index (χ0v) is 9.99. The van der Waals surface area contributed by atoms with Gasteiger partial charge in [0.05, 0.1) is 10.2 Å². The number of hydrogen-bond acceptors (Lipinski definition) is 3. The molecule has 0 aromatic carbocycles. The topological polar surface area (TPSA) is 45.2 Å². The molecule has 0 atom stereocenters. The fourth-order valence-corrected chi connectivity index (χ4v) is 1.85. The van der Waals surface area contributed by atoms with Crippen LogP contribution in [0.4, 0.5) is 9.80 Å². The second kappa shape index (κ2) is 4.06. The fraction of sp³-hybridized carbons (Fsp3) is 0.429. The van der Waals surface area contributed by atoms with E-state index in [9.17, 15) is 4.79 Å². The molecule has 2 amide bonds. The lowest BCUT2D eigenvalue weighted by Gasteiger charge is -2.10. The third kappa shape index (κ3) is 2.41. The Morgan fingerprint density at radius 2 is 2.23 bits per heavy atom. The lowest BCUT2D eigenvalue weighted by molar-refractivity contribution is 0.231. The Morgan fingerprint density at radius 3 is 2.62 bits per heavy atom. The minimum Gasteiger partial charge on any atom is -0.331 e. The van der Waals surface area contributed by atoms with Crippen molar-refractivity contribution in [3.8, 4) is 0 Å². The normalized spacial score (nSPS) is 9.85. The van der Waals surface area contributed by atoms with E-state index in [2.05, 4.69) is 25.6 Å². The molecule has 0 aliphatic rings. The standard InChI is InChI=1S/C7H10BrN3OS/c1-4-5(8)6(13-10-4)9-7(12)11(2)3/h1-3H3,(H,9,12). The monoisotopic (exact) mass is 263 g/mol. The van der Waals surface area contributed by atoms with E-state index in [1.165, 1.54) is 16.4 Å². The summed E-state index contributed by atoms with van der Waals surface area (Å²) in [6.45, 7) is 1.88. The predicted molar refractivity (Wildman–Crippen MR) is 57.3 cm³/mol. The number of halogens is 1. The van der Waals surface area contributed by atoms with Crippen molar-refractivity contribution in [1.82, 2.24) is 9.27 Å². The molecule has 0 saturated carbocycles. The van der Waals surface area contributed by atoms with Crippen LogP contribution in [0.1, 0.15) is 5.69 Å². The summed E-state index contributed by atoms with van der Waals surface area (Å²) in [4.78, 5) is 12.7. The molecule has 1 N–H and O–H groups in total. The quantitative estimate of drug-likeness (QED) is 0.845. The number of aryl methyl sites for hydroxylation is 1. The van der Waals surface area contributed by atoms with Crippen molar-refractivity contribution in [2.45, 2.75) is 6.92 Å². The molecular formula is C7H10BrN3OS. The van der Waals surface area contributed by atoms with Gasteiger partial charge >= 0.3 is 6.03 Å². The summed E-state index contributed by atoms with van der Waals surface area (Å²) in [5.74, 6) is 0. The van der Waals surface area contributed by atoms with Crippen LogP contribution in [-0.4, -0.2) is 29.4 Å². The Balaban J connectivity index is 2.75. The van der Waals surface area contributed by atoms with Gasteiger partial charge in [0, 0.05) is 14.1 Å². The first-order valence-corrected chi connectivity index (χ1v) is 5.19. The highest BCUT2D eigenvalue weighted by Gasteiger charge is 2.11. The smallest absolute Gasteiger partial charge is 0.322 e. The lowest BCUT2D eigenvalue weighted by Crippen LogP contribution is -2.27. The zero-order chi connectivity index (χ0) is 10.0. The van der Waals surface area contributed by atoms with Gasteiger partial charge in [-0.3, -0.25) is 5.32 Å². The van der Waals surface area contributed by atoms with Gasteiger partial charge < -0.3 is 4.90 Å². The molecule has 1 rings (SSSR count). The number of aromatic nitrogens is 1. The van der Waals surface area contributed by atoms with Crippen LogP contribution in [0.5, 0.6) is 0 Å². The number of nitrogens with one attached hydrogen (secondary N) is 1. The summed E-state index contributed by atoms with van der Waals surface area (Å²) < 4.78 is 4.94. The van der Waals surface area contributed by atoms with Gasteiger partial charge in [-0.2, -0.15) is 4.37 Å². The number of rotatable bonds is 1. The van der Waals surface area contributed by atoms with E-state index < -0.39 is 0 Å². The van der Waals surface area contributed by atoms with Crippen molar-refractivity contribution in [3.63, 3.8) is 0 Å². The fourth-order valence-electron chi connectivity index (χ4n) is 0.645. The summed E-state index contributed by atoms with van der Waals surface area (Å²) in [6.07, 6.45) is 0. The number of carbonyl (C=O) groups excluding carboxylic acids is 1. The van der Waals surface area contributed by atoms with E-state index in [1.807, 2.05) is 6.92 Å². The molecule has 72 valence electrons. The summed E-state index contributed by atoms with van der Waals surface area (Å²) in [5, 5.41) is 3.47. The molecule has 1 aromatic rings. The van der Waals surface area contributed by atoms with E-state index in [0.717, 1.165) is 15.2 Å². The molecule has 1 aromatic heterocycles. The molecule has 6 heteroatoms. The second-order valence-corrected chi connectivity index (χ2v) is 4.30. The molecule has 0 radical (unpaired) electrons. The van der Waals surface area contributed by atoms with E-state index in [1.54, 1.807) is 14.1 Å². The van der Waals surface area contributed by atoms with Gasteiger partial charge in [0.25, 0.3) is 0 Å². The third-order valence-electron chi connectivity index (χ3n) is 1.42. The number of amides is 2. The summed E-state index contributed by atoms with van der Waals surface area (Å²) in [7, 11) is 3.38. The maximum Gasteiger partial charge on any atom is 0.322 e. The molecule has 0 spiro atoms. The molecule has 0 bridgehead atoms. The molecular weight excluding hydrogens is 254 g/mol. The molecule has 0 saturated heterocycles. The van der Waals surface area contributed by atoms with Crippen molar-refractivity contribution in [2.24, 2.45) is 0 Å². The van der Waals surface area contributed by atoms with Crippen molar-refractivity contribution in [3.05, 3.63) is 10.2 Å². The highest BCUT2D eigenvalue weighted by Crippen LogP contribution is 2.29. The van der Waals surface area contributed by atoms with Crippen molar-refractivity contribution < 1.29 is 4.79 Å². The van der Waals surface area contributed by atoms with Crippen molar-refractivity contribution >= 4 is 38.5 Å². The van der Waals surface area contributed by atoms with Gasteiger partial charge in [0.2, 0.25) is 0 Å². The number of anilines is 1. The number of urea groups is 1. The van der Waals surface area contributed by atoms with Gasteiger partial charge in [-0.25, -0.2) is 4.79 Å². The minimum atomic E-state index is -0.149. The van der Waals surface area contributed by atoms with Crippen LogP contribution in [-0.2, 0) is 0 Å². The maximum absolute atomic E-state index is 11.2. The van der Waals surface area contributed by atoms with Crippen LogP contribution in [0.2, 0.25) is 0 Å². The van der Waals surface area contributed by atoms with E-state index in [0.29, 0.717) is 0 Å². The van der Waals surface area contributed by atoms with Gasteiger partial charge in [0.1, 0.15) is 5.00 Å². The first-order chi connectivity index (χ1) is 6.02.